The van der Waals surface area contributed by atoms with Crippen molar-refractivity contribution in [3.05, 3.63) is 0 Å². The Hall–Kier alpha value is -0.120. The maximum atomic E-state index is 8.32. The van der Waals surface area contributed by atoms with E-state index in [1.807, 2.05) is 0 Å². The lowest BCUT2D eigenvalue weighted by atomic mass is 10.5. The predicted molar refractivity (Wildman–Crippen MR) is 16.9 cm³/mol. The van der Waals surface area contributed by atoms with E-state index in [0.717, 1.165) is 6.61 Å². The van der Waals surface area contributed by atoms with Gasteiger partial charge in [0.15, 0.2) is 6.61 Å². The quantitative estimate of drug-likeness (QED) is 0.259. The average Bonchev–Trinajstić information content (AvgIpc) is 2.12. The molecule has 0 aliphatic carbocycles. The molecule has 3 heteroatoms. The second-order valence-electron chi connectivity index (χ2n) is 1.64. The molecule has 1 atom stereocenters. The zero-order valence-electron chi connectivity index (χ0n) is 3.18. The molecular weight excluding hydrogens is 84.0 g/mol. The molecule has 2 aliphatic rings. The molecule has 2 rings (SSSR count). The molecule has 0 aromatic heterocycles. The third-order valence-corrected chi connectivity index (χ3v) is 1.14. The first kappa shape index (κ1) is 2.96. The molecule has 0 unspecified atom stereocenters. The van der Waals surface area contributed by atoms with Crippen molar-refractivity contribution >= 4 is 0 Å². The lowest BCUT2D eigenvalue weighted by Gasteiger charge is -1.65. The number of aliphatic hydroxyl groups excluding tert-OH is 1. The number of fused-ring (bicyclic) bond motifs is 1. The molecular formula is C3H5O3+. The highest BCUT2D eigenvalue weighted by atomic mass is 17.6. The van der Waals surface area contributed by atoms with Crippen molar-refractivity contribution in [3.8, 4) is 0 Å². The van der Waals surface area contributed by atoms with Gasteiger partial charge >= 0.3 is 12.4 Å². The van der Waals surface area contributed by atoms with Gasteiger partial charge in [0.1, 0.15) is 0 Å². The Morgan fingerprint density at radius 1 is 2.00 bits per heavy atom. The molecule has 34 valence electrons. The van der Waals surface area contributed by atoms with Gasteiger partial charge < -0.3 is 5.11 Å². The predicted octanol–water partition coefficient (Wildman–Crippen LogP) is -0.814. The molecule has 2 aliphatic heterocycles. The van der Waals surface area contributed by atoms with E-state index in [2.05, 4.69) is 9.41 Å². The Kier molecular flexibility index (Phi) is 0.257. The number of hydrogen-bond donors (Lipinski definition) is 1. The summed E-state index contributed by atoms with van der Waals surface area (Å²) >= 11 is 0. The van der Waals surface area contributed by atoms with E-state index in [4.69, 9.17) is 5.11 Å². The number of hydrogen-bond acceptors (Lipinski definition) is 2. The van der Waals surface area contributed by atoms with Crippen LogP contribution in [0.4, 0.5) is 0 Å². The van der Waals surface area contributed by atoms with Crippen molar-refractivity contribution in [2.45, 2.75) is 5.79 Å². The summed E-state index contributed by atoms with van der Waals surface area (Å²) in [6.45, 7) is 0.973. The van der Waals surface area contributed by atoms with E-state index < -0.39 is 0 Å². The van der Waals surface area contributed by atoms with Crippen LogP contribution in [-0.2, 0) is 9.41 Å². The normalized spacial score (nSPS) is 51.5. The topological polar surface area (TPSA) is 35.5 Å². The van der Waals surface area contributed by atoms with Crippen LogP contribution < -0.4 is 0 Å². The molecule has 0 aromatic carbocycles. The van der Waals surface area contributed by atoms with E-state index in [1.165, 1.54) is 0 Å². The summed E-state index contributed by atoms with van der Waals surface area (Å²) in [7, 11) is 0. The highest BCUT2D eigenvalue weighted by Gasteiger charge is 2.90. The van der Waals surface area contributed by atoms with Gasteiger partial charge in [0, 0.05) is 4.89 Å². The Balaban J connectivity index is 2.10. The van der Waals surface area contributed by atoms with Crippen LogP contribution in [-0.4, -0.2) is 24.1 Å². The molecule has 2 heterocycles. The monoisotopic (exact) mass is 89.0 g/mol. The fourth-order valence-electron chi connectivity index (χ4n) is 0.474. The van der Waals surface area contributed by atoms with E-state index in [0.29, 0.717) is 0 Å². The second kappa shape index (κ2) is 0.521. The van der Waals surface area contributed by atoms with Gasteiger partial charge in [-0.2, -0.15) is 4.52 Å². The Bertz CT molecular complexity index is 84.0. The van der Waals surface area contributed by atoms with E-state index in [9.17, 15) is 0 Å². The van der Waals surface area contributed by atoms with Crippen LogP contribution in [0.25, 0.3) is 0 Å². The van der Waals surface area contributed by atoms with Crippen molar-refractivity contribution in [3.63, 3.8) is 0 Å². The molecule has 1 N–H and O–H groups in total. The molecule has 2 saturated heterocycles. The van der Waals surface area contributed by atoms with Crippen LogP contribution in [0.15, 0.2) is 0 Å². The second-order valence-corrected chi connectivity index (χ2v) is 1.64. The van der Waals surface area contributed by atoms with Crippen molar-refractivity contribution in [2.75, 3.05) is 13.2 Å². The van der Waals surface area contributed by atoms with Crippen molar-refractivity contribution in [1.29, 1.82) is 0 Å². The lowest BCUT2D eigenvalue weighted by Crippen LogP contribution is -2.04. The van der Waals surface area contributed by atoms with Gasteiger partial charge in [-0.25, -0.2) is 0 Å². The molecule has 0 radical (unpaired) electrons. The minimum absolute atomic E-state index is 0.123. The van der Waals surface area contributed by atoms with Crippen molar-refractivity contribution < 1.29 is 14.5 Å². The summed E-state index contributed by atoms with van der Waals surface area (Å²) in [4.78, 5) is 4.64. The first-order valence-corrected chi connectivity index (χ1v) is 1.89. The Labute approximate surface area is 34.7 Å². The van der Waals surface area contributed by atoms with E-state index >= 15 is 0 Å². The number of epoxide rings is 1. The van der Waals surface area contributed by atoms with Crippen LogP contribution in [0.1, 0.15) is 0 Å². The summed E-state index contributed by atoms with van der Waals surface area (Å²) in [5.74, 6) is -0.236. The zero-order chi connectivity index (χ0) is 4.20. The van der Waals surface area contributed by atoms with Crippen LogP contribution in [0.5, 0.6) is 0 Å². The van der Waals surface area contributed by atoms with E-state index in [1.54, 1.807) is 0 Å². The van der Waals surface area contributed by atoms with Gasteiger partial charge in [0.05, 0.1) is 0 Å². The Morgan fingerprint density at radius 3 is 2.50 bits per heavy atom. The molecule has 0 bridgehead atoms. The fraction of sp³-hybridized carbons (Fsp3) is 1.00. The molecule has 6 heavy (non-hydrogen) atoms. The van der Waals surface area contributed by atoms with Crippen LogP contribution in [0.3, 0.4) is 0 Å². The van der Waals surface area contributed by atoms with Crippen LogP contribution in [0.2, 0.25) is 0 Å². The molecule has 2 fully saturated rings. The van der Waals surface area contributed by atoms with Gasteiger partial charge in [-0.1, -0.05) is 0 Å². The van der Waals surface area contributed by atoms with Crippen molar-refractivity contribution in [2.24, 2.45) is 0 Å². The minimum Gasteiger partial charge on any atom is -0.384 e. The van der Waals surface area contributed by atoms with Crippen LogP contribution in [0, 0.1) is 0 Å². The van der Waals surface area contributed by atoms with Gasteiger partial charge in [0.25, 0.3) is 0 Å². The average molecular weight is 89.1 g/mol. The molecule has 3 nitrogen and oxygen atoms in total. The molecule has 0 amide bonds. The number of rotatable bonds is 1. The van der Waals surface area contributed by atoms with Gasteiger partial charge in [0.2, 0.25) is 0 Å². The third kappa shape index (κ3) is 0.145. The zero-order valence-corrected chi connectivity index (χ0v) is 3.18. The molecule has 0 saturated carbocycles. The molecule has 0 spiro atoms. The van der Waals surface area contributed by atoms with Gasteiger partial charge in [-0.3, -0.25) is 0 Å². The lowest BCUT2D eigenvalue weighted by molar-refractivity contribution is -0.120. The summed E-state index contributed by atoms with van der Waals surface area (Å²) in [6, 6.07) is 0. The first-order chi connectivity index (χ1) is 2.87. The SMILES string of the molecule is OC[C@]12C[O+]1O2. The minimum atomic E-state index is -0.236. The standard InChI is InChI=1S/C3H5O3/c4-1-3-2-6(3)5-3/h4H,1-2H2/q+1/t3-/m1/s1. The highest BCUT2D eigenvalue weighted by Crippen LogP contribution is 2.56. The maximum absolute atomic E-state index is 8.32. The van der Waals surface area contributed by atoms with Crippen molar-refractivity contribution in [1.82, 2.24) is 0 Å². The van der Waals surface area contributed by atoms with Gasteiger partial charge in [-0.15, -0.1) is 0 Å². The molecule has 0 aromatic rings. The largest absolute Gasteiger partial charge is 0.473 e. The maximum Gasteiger partial charge on any atom is 0.473 e. The Morgan fingerprint density at radius 2 is 2.50 bits per heavy atom. The summed E-state index contributed by atoms with van der Waals surface area (Å²) < 4.78 is 2.38. The number of aliphatic hydroxyl groups is 1. The summed E-state index contributed by atoms with van der Waals surface area (Å²) in [5.41, 5.74) is 0. The van der Waals surface area contributed by atoms with Gasteiger partial charge in [-0.05, 0) is 0 Å². The smallest absolute Gasteiger partial charge is 0.384 e. The summed E-state index contributed by atoms with van der Waals surface area (Å²) in [6.07, 6.45) is 0. The first-order valence-electron chi connectivity index (χ1n) is 1.89. The highest BCUT2D eigenvalue weighted by molar-refractivity contribution is 4.92. The van der Waals surface area contributed by atoms with E-state index in [-0.39, 0.29) is 12.4 Å². The fourth-order valence-corrected chi connectivity index (χ4v) is 0.474. The van der Waals surface area contributed by atoms with Crippen LogP contribution >= 0.6 is 0 Å². The third-order valence-electron chi connectivity index (χ3n) is 1.14. The summed E-state index contributed by atoms with van der Waals surface area (Å²) in [5, 5.41) is 8.32.